The Morgan fingerprint density at radius 2 is 1.81 bits per heavy atom. The smallest absolute Gasteiger partial charge is 0.198 e. The van der Waals surface area contributed by atoms with Crippen LogP contribution in [0.4, 0.5) is 5.69 Å². The highest BCUT2D eigenvalue weighted by atomic mass is 35.5. The molecule has 0 radical (unpaired) electrons. The normalized spacial score (nSPS) is 12.4. The molecule has 1 N–H and O–H groups in total. The number of ketones is 1. The Morgan fingerprint density at radius 1 is 1.05 bits per heavy atom. The van der Waals surface area contributed by atoms with Crippen molar-refractivity contribution in [2.75, 3.05) is 12.4 Å². The van der Waals surface area contributed by atoms with Crippen molar-refractivity contribution in [1.29, 1.82) is 0 Å². The van der Waals surface area contributed by atoms with Crippen LogP contribution in [0.2, 0.25) is 5.02 Å². The molecule has 0 atom stereocenters. The number of benzene rings is 2. The fourth-order valence-electron chi connectivity index (χ4n) is 2.95. The average Bonchev–Trinajstić information content (AvgIpc) is 2.80. The second kappa shape index (κ2) is 4.30. The van der Waals surface area contributed by atoms with Gasteiger partial charge >= 0.3 is 0 Å². The van der Waals surface area contributed by atoms with Crippen LogP contribution in [-0.4, -0.2) is 17.8 Å². The maximum absolute atomic E-state index is 12.7. The number of nitrogens with zero attached hydrogens (tertiary/aromatic N) is 1. The van der Waals surface area contributed by atoms with Gasteiger partial charge in [0.05, 0.1) is 27.5 Å². The zero-order valence-corrected chi connectivity index (χ0v) is 12.0. The highest BCUT2D eigenvalue weighted by Gasteiger charge is 2.31. The van der Waals surface area contributed by atoms with Gasteiger partial charge in [-0.25, -0.2) is 4.98 Å². The van der Waals surface area contributed by atoms with Crippen LogP contribution >= 0.6 is 11.6 Å². The van der Waals surface area contributed by atoms with E-state index in [0.717, 1.165) is 16.6 Å². The summed E-state index contributed by atoms with van der Waals surface area (Å²) in [4.78, 5) is 17.3. The van der Waals surface area contributed by atoms with Crippen molar-refractivity contribution in [2.45, 2.75) is 0 Å². The van der Waals surface area contributed by atoms with Crippen LogP contribution in [0.25, 0.3) is 22.2 Å². The summed E-state index contributed by atoms with van der Waals surface area (Å²) in [5.74, 6) is 0.0133. The van der Waals surface area contributed by atoms with Gasteiger partial charge in [0, 0.05) is 23.6 Å². The fourth-order valence-corrected chi connectivity index (χ4v) is 3.17. The summed E-state index contributed by atoms with van der Waals surface area (Å²) in [5.41, 5.74) is 4.42. The lowest BCUT2D eigenvalue weighted by Crippen LogP contribution is -2.03. The Bertz CT molecular complexity index is 918. The molecule has 4 heteroatoms. The van der Waals surface area contributed by atoms with Gasteiger partial charge < -0.3 is 5.32 Å². The minimum absolute atomic E-state index is 0.0133. The summed E-state index contributed by atoms with van der Waals surface area (Å²) in [6, 6.07) is 13.2. The van der Waals surface area contributed by atoms with Crippen molar-refractivity contribution in [3.8, 4) is 11.3 Å². The number of para-hydroxylation sites is 1. The van der Waals surface area contributed by atoms with E-state index in [2.05, 4.69) is 10.3 Å². The van der Waals surface area contributed by atoms with E-state index < -0.39 is 0 Å². The molecule has 1 aromatic heterocycles. The summed E-state index contributed by atoms with van der Waals surface area (Å²) in [6.07, 6.45) is 0. The number of halogens is 1. The Balaban J connectivity index is 2.21. The van der Waals surface area contributed by atoms with E-state index in [4.69, 9.17) is 11.6 Å². The predicted molar refractivity (Wildman–Crippen MR) is 85.2 cm³/mol. The van der Waals surface area contributed by atoms with Gasteiger partial charge in [-0.3, -0.25) is 4.79 Å². The highest BCUT2D eigenvalue weighted by molar-refractivity contribution is 6.36. The molecule has 3 nitrogen and oxygen atoms in total. The molecule has 0 fully saturated rings. The van der Waals surface area contributed by atoms with Crippen LogP contribution in [0.5, 0.6) is 0 Å². The molecule has 0 spiro atoms. The summed E-state index contributed by atoms with van der Waals surface area (Å²) in [5, 5.41) is 4.60. The van der Waals surface area contributed by atoms with E-state index >= 15 is 0 Å². The van der Waals surface area contributed by atoms with Crippen molar-refractivity contribution < 1.29 is 4.79 Å². The Morgan fingerprint density at radius 3 is 2.57 bits per heavy atom. The number of anilines is 1. The second-order valence-electron chi connectivity index (χ2n) is 4.97. The molecular formula is C17H11ClN2O. The summed E-state index contributed by atoms with van der Waals surface area (Å²) in [7, 11) is 1.81. The molecular weight excluding hydrogens is 284 g/mol. The quantitative estimate of drug-likeness (QED) is 0.573. The van der Waals surface area contributed by atoms with Crippen LogP contribution in [-0.2, 0) is 0 Å². The molecule has 2 aromatic carbocycles. The molecule has 3 aromatic rings. The number of fused-ring (bicyclic) bond motifs is 4. The molecule has 1 heterocycles. The molecule has 0 bridgehead atoms. The van der Waals surface area contributed by atoms with E-state index in [0.29, 0.717) is 27.4 Å². The summed E-state index contributed by atoms with van der Waals surface area (Å²) in [6.45, 7) is 0. The van der Waals surface area contributed by atoms with E-state index in [1.807, 2.05) is 49.5 Å². The van der Waals surface area contributed by atoms with E-state index in [1.165, 1.54) is 0 Å². The lowest BCUT2D eigenvalue weighted by Gasteiger charge is -2.11. The maximum Gasteiger partial charge on any atom is 0.198 e. The van der Waals surface area contributed by atoms with Crippen LogP contribution in [0.1, 0.15) is 15.9 Å². The number of carbonyl (C=O) groups excluding carboxylic acids is 1. The number of aromatic nitrogens is 1. The van der Waals surface area contributed by atoms with Gasteiger partial charge in [0.1, 0.15) is 0 Å². The number of carbonyl (C=O) groups is 1. The first kappa shape index (κ1) is 12.4. The SMILES string of the molecule is CNc1c2c(nc3c(Cl)cccc13)-c1ccccc1C2=O. The van der Waals surface area contributed by atoms with Crippen molar-refractivity contribution in [2.24, 2.45) is 0 Å². The van der Waals surface area contributed by atoms with Gasteiger partial charge in [-0.1, -0.05) is 48.0 Å². The van der Waals surface area contributed by atoms with Crippen LogP contribution in [0.15, 0.2) is 42.5 Å². The van der Waals surface area contributed by atoms with Crippen molar-refractivity contribution in [3.05, 3.63) is 58.6 Å². The van der Waals surface area contributed by atoms with Gasteiger partial charge in [0.2, 0.25) is 0 Å². The monoisotopic (exact) mass is 294 g/mol. The third-order valence-electron chi connectivity index (χ3n) is 3.87. The molecule has 0 aliphatic heterocycles. The molecule has 102 valence electrons. The summed E-state index contributed by atoms with van der Waals surface area (Å²) >= 11 is 6.28. The first-order valence-electron chi connectivity index (χ1n) is 6.66. The Kier molecular flexibility index (Phi) is 2.53. The van der Waals surface area contributed by atoms with Crippen LogP contribution in [0.3, 0.4) is 0 Å². The van der Waals surface area contributed by atoms with Gasteiger partial charge in [0.15, 0.2) is 5.78 Å². The standard InChI is InChI=1S/C17H11ClN2O/c1-19-15-11-7-4-8-12(18)14(11)20-16-9-5-2-3-6-10(9)17(21)13(15)16/h2-8H,1H3,(H,19,20). The Hall–Kier alpha value is -2.39. The van der Waals surface area contributed by atoms with Crippen LogP contribution < -0.4 is 5.32 Å². The van der Waals surface area contributed by atoms with E-state index in [1.54, 1.807) is 0 Å². The zero-order valence-electron chi connectivity index (χ0n) is 11.3. The van der Waals surface area contributed by atoms with Gasteiger partial charge in [-0.2, -0.15) is 0 Å². The predicted octanol–water partition coefficient (Wildman–Crippen LogP) is 4.14. The molecule has 21 heavy (non-hydrogen) atoms. The number of hydrogen-bond acceptors (Lipinski definition) is 3. The van der Waals surface area contributed by atoms with Gasteiger partial charge in [-0.15, -0.1) is 0 Å². The molecule has 4 rings (SSSR count). The number of pyridine rings is 1. The van der Waals surface area contributed by atoms with E-state index in [9.17, 15) is 4.79 Å². The molecule has 1 aliphatic carbocycles. The zero-order chi connectivity index (χ0) is 14.6. The maximum atomic E-state index is 12.7. The number of hydrogen-bond donors (Lipinski definition) is 1. The second-order valence-corrected chi connectivity index (χ2v) is 5.38. The van der Waals surface area contributed by atoms with Crippen molar-refractivity contribution >= 4 is 34.0 Å². The number of nitrogens with one attached hydrogen (secondary N) is 1. The average molecular weight is 295 g/mol. The molecule has 0 unspecified atom stereocenters. The lowest BCUT2D eigenvalue weighted by atomic mass is 10.1. The fraction of sp³-hybridized carbons (Fsp3) is 0.0588. The molecule has 1 aliphatic rings. The minimum atomic E-state index is 0.0133. The third-order valence-corrected chi connectivity index (χ3v) is 4.18. The van der Waals surface area contributed by atoms with Gasteiger partial charge in [-0.05, 0) is 6.07 Å². The first-order valence-corrected chi connectivity index (χ1v) is 7.04. The molecule has 0 saturated heterocycles. The largest absolute Gasteiger partial charge is 0.387 e. The van der Waals surface area contributed by atoms with Gasteiger partial charge in [0.25, 0.3) is 0 Å². The minimum Gasteiger partial charge on any atom is -0.387 e. The first-order chi connectivity index (χ1) is 10.2. The molecule has 0 amide bonds. The Labute approximate surface area is 126 Å². The van der Waals surface area contributed by atoms with Crippen molar-refractivity contribution in [1.82, 2.24) is 4.98 Å². The highest BCUT2D eigenvalue weighted by Crippen LogP contribution is 2.42. The van der Waals surface area contributed by atoms with Crippen LogP contribution in [0, 0.1) is 0 Å². The molecule has 0 saturated carbocycles. The third kappa shape index (κ3) is 1.55. The van der Waals surface area contributed by atoms with E-state index in [-0.39, 0.29) is 5.78 Å². The lowest BCUT2D eigenvalue weighted by molar-refractivity contribution is 0.104. The topological polar surface area (TPSA) is 42.0 Å². The summed E-state index contributed by atoms with van der Waals surface area (Å²) < 4.78 is 0. The van der Waals surface area contributed by atoms with Crippen molar-refractivity contribution in [3.63, 3.8) is 0 Å². The number of rotatable bonds is 1.